The minimum atomic E-state index is -0.767. The van der Waals surface area contributed by atoms with E-state index in [0.29, 0.717) is 17.0 Å². The molecule has 0 aromatic heterocycles. The topological polar surface area (TPSA) is 107 Å². The lowest BCUT2D eigenvalue weighted by Crippen LogP contribution is -2.21. The molecule has 0 atom stereocenters. The van der Waals surface area contributed by atoms with Gasteiger partial charge in [-0.15, -0.1) is 0 Å². The normalized spacial score (nSPS) is 9.70. The third-order valence-corrected chi connectivity index (χ3v) is 3.58. The maximum Gasteiger partial charge on any atom is 0.342 e. The summed E-state index contributed by atoms with van der Waals surface area (Å²) >= 11 is 0. The van der Waals surface area contributed by atoms with Gasteiger partial charge in [-0.05, 0) is 24.3 Å². The molecule has 0 saturated heterocycles. The zero-order valence-corrected chi connectivity index (χ0v) is 15.1. The van der Waals surface area contributed by atoms with Gasteiger partial charge in [0.2, 0.25) is 5.75 Å². The Morgan fingerprint density at radius 2 is 1.70 bits per heavy atom. The molecule has 0 bridgehead atoms. The van der Waals surface area contributed by atoms with E-state index >= 15 is 0 Å². The first-order valence-electron chi connectivity index (χ1n) is 7.80. The molecule has 0 heterocycles. The Bertz CT molecular complexity index is 888. The first kappa shape index (κ1) is 19.6. The smallest absolute Gasteiger partial charge is 0.342 e. The quantitative estimate of drug-likeness (QED) is 0.746. The van der Waals surface area contributed by atoms with Crippen molar-refractivity contribution < 1.29 is 28.5 Å². The highest BCUT2D eigenvalue weighted by atomic mass is 16.5. The van der Waals surface area contributed by atoms with Gasteiger partial charge in [-0.25, -0.2) is 4.79 Å². The summed E-state index contributed by atoms with van der Waals surface area (Å²) in [6.45, 7) is -0.532. The number of benzene rings is 2. The van der Waals surface area contributed by atoms with Crippen LogP contribution in [0.5, 0.6) is 17.2 Å². The Hall–Kier alpha value is -3.73. The summed E-state index contributed by atoms with van der Waals surface area (Å²) in [7, 11) is 4.24. The number of rotatable bonds is 7. The fraction of sp³-hybridized carbons (Fsp3) is 0.211. The standard InChI is InChI=1S/C19H18N2O6/c1-24-15-9-8-13(17(25-2)18(15)26-3)19(23)27-11-16(22)21-14-7-5-4-6-12(14)10-20/h4-9H,11H2,1-3H3,(H,21,22). The van der Waals surface area contributed by atoms with E-state index in [1.807, 2.05) is 6.07 Å². The minimum Gasteiger partial charge on any atom is -0.493 e. The summed E-state index contributed by atoms with van der Waals surface area (Å²) in [4.78, 5) is 24.4. The number of nitrogens with one attached hydrogen (secondary N) is 1. The van der Waals surface area contributed by atoms with Gasteiger partial charge < -0.3 is 24.3 Å². The highest BCUT2D eigenvalue weighted by molar-refractivity contribution is 5.98. The van der Waals surface area contributed by atoms with Gasteiger partial charge >= 0.3 is 5.97 Å². The van der Waals surface area contributed by atoms with Crippen molar-refractivity contribution in [2.24, 2.45) is 0 Å². The fourth-order valence-electron chi connectivity index (χ4n) is 2.35. The van der Waals surface area contributed by atoms with Gasteiger partial charge in [-0.2, -0.15) is 5.26 Å². The number of para-hydroxylation sites is 1. The molecular formula is C19H18N2O6. The van der Waals surface area contributed by atoms with Crippen LogP contribution in [0.15, 0.2) is 36.4 Å². The number of methoxy groups -OCH3 is 3. The molecule has 8 nitrogen and oxygen atoms in total. The van der Waals surface area contributed by atoms with Crippen LogP contribution in [-0.4, -0.2) is 39.8 Å². The van der Waals surface area contributed by atoms with Crippen molar-refractivity contribution in [1.29, 1.82) is 5.26 Å². The molecule has 0 aliphatic heterocycles. The lowest BCUT2D eigenvalue weighted by Gasteiger charge is -2.15. The van der Waals surface area contributed by atoms with Crippen LogP contribution < -0.4 is 19.5 Å². The number of amides is 1. The van der Waals surface area contributed by atoms with E-state index < -0.39 is 18.5 Å². The van der Waals surface area contributed by atoms with Gasteiger partial charge in [0, 0.05) is 0 Å². The number of esters is 1. The average molecular weight is 370 g/mol. The van der Waals surface area contributed by atoms with E-state index in [2.05, 4.69) is 5.32 Å². The maximum atomic E-state index is 12.3. The Kier molecular flexibility index (Phi) is 6.61. The highest BCUT2D eigenvalue weighted by Gasteiger charge is 2.22. The van der Waals surface area contributed by atoms with Crippen molar-refractivity contribution in [3.8, 4) is 23.3 Å². The monoisotopic (exact) mass is 370 g/mol. The number of hydrogen-bond donors (Lipinski definition) is 1. The van der Waals surface area contributed by atoms with E-state index in [-0.39, 0.29) is 17.1 Å². The molecule has 27 heavy (non-hydrogen) atoms. The lowest BCUT2D eigenvalue weighted by molar-refractivity contribution is -0.119. The van der Waals surface area contributed by atoms with Crippen molar-refractivity contribution in [1.82, 2.24) is 0 Å². The van der Waals surface area contributed by atoms with Gasteiger partial charge in [0.25, 0.3) is 5.91 Å². The van der Waals surface area contributed by atoms with Gasteiger partial charge in [0.05, 0.1) is 32.6 Å². The predicted octanol–water partition coefficient (Wildman–Crippen LogP) is 2.38. The van der Waals surface area contributed by atoms with Crippen LogP contribution in [0, 0.1) is 11.3 Å². The first-order chi connectivity index (χ1) is 13.0. The van der Waals surface area contributed by atoms with Crippen LogP contribution in [0.2, 0.25) is 0 Å². The van der Waals surface area contributed by atoms with Crippen LogP contribution in [0.1, 0.15) is 15.9 Å². The van der Waals surface area contributed by atoms with Gasteiger partial charge in [-0.3, -0.25) is 4.79 Å². The molecule has 0 unspecified atom stereocenters. The summed E-state index contributed by atoms with van der Waals surface area (Å²) in [5.74, 6) is -0.585. The van der Waals surface area contributed by atoms with Crippen molar-refractivity contribution in [3.63, 3.8) is 0 Å². The third kappa shape index (κ3) is 4.46. The average Bonchev–Trinajstić information content (AvgIpc) is 2.70. The Labute approximate surface area is 156 Å². The zero-order chi connectivity index (χ0) is 19.8. The summed E-state index contributed by atoms with van der Waals surface area (Å²) in [6.07, 6.45) is 0. The van der Waals surface area contributed by atoms with Crippen LogP contribution in [0.3, 0.4) is 0 Å². The van der Waals surface area contributed by atoms with E-state index in [1.54, 1.807) is 24.3 Å². The molecule has 8 heteroatoms. The molecule has 1 N–H and O–H groups in total. The van der Waals surface area contributed by atoms with Crippen molar-refractivity contribution in [2.45, 2.75) is 0 Å². The Morgan fingerprint density at radius 1 is 1.00 bits per heavy atom. The summed E-state index contributed by atoms with van der Waals surface area (Å²) in [5, 5.41) is 11.5. The number of anilines is 1. The third-order valence-electron chi connectivity index (χ3n) is 3.58. The maximum absolute atomic E-state index is 12.3. The number of nitrogens with zero attached hydrogens (tertiary/aromatic N) is 1. The predicted molar refractivity (Wildman–Crippen MR) is 96.2 cm³/mol. The molecule has 0 spiro atoms. The summed E-state index contributed by atoms with van der Waals surface area (Å²) in [5.41, 5.74) is 0.726. The molecule has 0 aliphatic rings. The minimum absolute atomic E-state index is 0.0837. The lowest BCUT2D eigenvalue weighted by atomic mass is 10.1. The number of ether oxygens (including phenoxy) is 4. The SMILES string of the molecule is COc1ccc(C(=O)OCC(=O)Nc2ccccc2C#N)c(OC)c1OC. The largest absolute Gasteiger partial charge is 0.493 e. The molecule has 0 fully saturated rings. The number of carbonyl (C=O) groups excluding carboxylic acids is 2. The summed E-state index contributed by atoms with van der Waals surface area (Å²) in [6, 6.07) is 11.4. The first-order valence-corrected chi connectivity index (χ1v) is 7.80. The number of carbonyl (C=O) groups is 2. The fourth-order valence-corrected chi connectivity index (χ4v) is 2.35. The van der Waals surface area contributed by atoms with Gasteiger partial charge in [-0.1, -0.05) is 12.1 Å². The van der Waals surface area contributed by atoms with Crippen molar-refractivity contribution in [3.05, 3.63) is 47.5 Å². The second-order valence-electron chi connectivity index (χ2n) is 5.16. The molecule has 2 aromatic carbocycles. The Morgan fingerprint density at radius 3 is 2.33 bits per heavy atom. The van der Waals surface area contributed by atoms with E-state index in [1.165, 1.54) is 33.5 Å². The highest BCUT2D eigenvalue weighted by Crippen LogP contribution is 2.39. The molecule has 0 aliphatic carbocycles. The molecular weight excluding hydrogens is 352 g/mol. The van der Waals surface area contributed by atoms with Crippen LogP contribution in [0.4, 0.5) is 5.69 Å². The molecule has 140 valence electrons. The molecule has 0 radical (unpaired) electrons. The molecule has 2 aromatic rings. The van der Waals surface area contributed by atoms with Gasteiger partial charge in [0.1, 0.15) is 11.6 Å². The van der Waals surface area contributed by atoms with Crippen molar-refractivity contribution >= 4 is 17.6 Å². The molecule has 0 saturated carbocycles. The Balaban J connectivity index is 2.09. The number of hydrogen-bond acceptors (Lipinski definition) is 7. The van der Waals surface area contributed by atoms with Crippen LogP contribution in [0.25, 0.3) is 0 Å². The number of nitriles is 1. The van der Waals surface area contributed by atoms with E-state index in [0.717, 1.165) is 0 Å². The molecule has 2 rings (SSSR count). The van der Waals surface area contributed by atoms with E-state index in [4.69, 9.17) is 24.2 Å². The van der Waals surface area contributed by atoms with Crippen molar-refractivity contribution in [2.75, 3.05) is 33.3 Å². The second-order valence-corrected chi connectivity index (χ2v) is 5.16. The summed E-state index contributed by atoms with van der Waals surface area (Å²) < 4.78 is 20.6. The van der Waals surface area contributed by atoms with Crippen LogP contribution in [-0.2, 0) is 9.53 Å². The van der Waals surface area contributed by atoms with Crippen LogP contribution >= 0.6 is 0 Å². The second kappa shape index (κ2) is 9.10. The van der Waals surface area contributed by atoms with Gasteiger partial charge in [0.15, 0.2) is 18.1 Å². The van der Waals surface area contributed by atoms with E-state index in [9.17, 15) is 9.59 Å². The molecule has 1 amide bonds. The zero-order valence-electron chi connectivity index (χ0n) is 15.1.